The summed E-state index contributed by atoms with van der Waals surface area (Å²) in [4.78, 5) is 34.9. The van der Waals surface area contributed by atoms with E-state index in [1.165, 1.54) is 6.33 Å². The highest BCUT2D eigenvalue weighted by Gasteiger charge is 2.46. The van der Waals surface area contributed by atoms with Crippen molar-refractivity contribution in [3.63, 3.8) is 0 Å². The Balaban J connectivity index is 1.94. The predicted octanol–water partition coefficient (Wildman–Crippen LogP) is 4.31. The number of primary amides is 1. The number of ether oxygens (including phenoxy) is 1. The van der Waals surface area contributed by atoms with Gasteiger partial charge in [0.05, 0.1) is 19.0 Å². The number of urea groups is 1. The first-order valence-electron chi connectivity index (χ1n) is 12.3. The van der Waals surface area contributed by atoms with Crippen LogP contribution in [0.2, 0.25) is 36.3 Å². The molecule has 13 heteroatoms. The standard InChI is InChI=1S/C23H42N6O5Si2/c1-22(2,3)35(7,8)32-12-15-14(34-36(9,10)23(4,5)6)11-16(33-15)29-13-25-17-18(29)26-21(27-19(17)30)28-20(24)31/h13-16H,11-12H2,1-10H3,(H4,24,26,27,28,30,31)/t14-,15+,16+/m0/s1. The van der Waals surface area contributed by atoms with Crippen molar-refractivity contribution >= 4 is 39.8 Å². The van der Waals surface area contributed by atoms with E-state index in [0.717, 1.165) is 0 Å². The molecule has 0 aromatic carbocycles. The summed E-state index contributed by atoms with van der Waals surface area (Å²) in [5.74, 6) is -0.0494. The lowest BCUT2D eigenvalue weighted by Crippen LogP contribution is -2.48. The largest absolute Gasteiger partial charge is 0.414 e. The molecule has 3 atom stereocenters. The number of amides is 2. The summed E-state index contributed by atoms with van der Waals surface area (Å²) in [6.45, 7) is 22.6. The van der Waals surface area contributed by atoms with Crippen molar-refractivity contribution in [3.8, 4) is 0 Å². The van der Waals surface area contributed by atoms with Crippen LogP contribution in [0.1, 0.15) is 54.2 Å². The number of anilines is 1. The number of hydrogen-bond donors (Lipinski definition) is 3. The topological polar surface area (TPSA) is 146 Å². The van der Waals surface area contributed by atoms with Gasteiger partial charge in [0.1, 0.15) is 12.3 Å². The molecule has 11 nitrogen and oxygen atoms in total. The highest BCUT2D eigenvalue weighted by molar-refractivity contribution is 6.74. The molecule has 0 spiro atoms. The highest BCUT2D eigenvalue weighted by atomic mass is 28.4. The fourth-order valence-electron chi connectivity index (χ4n) is 3.52. The quantitative estimate of drug-likeness (QED) is 0.445. The number of fused-ring (bicyclic) bond motifs is 1. The molecule has 0 aliphatic carbocycles. The number of imidazole rings is 1. The van der Waals surface area contributed by atoms with Crippen LogP contribution in [-0.2, 0) is 13.6 Å². The average molecular weight is 539 g/mol. The van der Waals surface area contributed by atoms with Gasteiger partial charge in [0.25, 0.3) is 5.56 Å². The Hall–Kier alpha value is -2.07. The van der Waals surface area contributed by atoms with Crippen molar-refractivity contribution < 1.29 is 18.4 Å². The molecule has 3 heterocycles. The van der Waals surface area contributed by atoms with Crippen LogP contribution >= 0.6 is 0 Å². The fraction of sp³-hybridized carbons (Fsp3) is 0.739. The van der Waals surface area contributed by atoms with Crippen molar-refractivity contribution in [1.82, 2.24) is 19.5 Å². The van der Waals surface area contributed by atoms with E-state index >= 15 is 0 Å². The second-order valence-electron chi connectivity index (χ2n) is 12.6. The zero-order valence-electron chi connectivity index (χ0n) is 23.2. The van der Waals surface area contributed by atoms with Gasteiger partial charge in [-0.1, -0.05) is 41.5 Å². The molecule has 1 aliphatic rings. The van der Waals surface area contributed by atoms with Crippen LogP contribution in [0, 0.1) is 0 Å². The first-order valence-corrected chi connectivity index (χ1v) is 18.1. The van der Waals surface area contributed by atoms with Gasteiger partial charge in [-0.25, -0.2) is 9.78 Å². The summed E-state index contributed by atoms with van der Waals surface area (Å²) >= 11 is 0. The van der Waals surface area contributed by atoms with Gasteiger partial charge in [0.2, 0.25) is 5.95 Å². The molecule has 0 saturated carbocycles. The van der Waals surface area contributed by atoms with Crippen LogP contribution in [0.5, 0.6) is 0 Å². The molecule has 4 N–H and O–H groups in total. The van der Waals surface area contributed by atoms with Crippen LogP contribution in [0.15, 0.2) is 11.1 Å². The Morgan fingerprint density at radius 2 is 1.81 bits per heavy atom. The lowest BCUT2D eigenvalue weighted by atomic mass is 10.2. The Kier molecular flexibility index (Phi) is 7.66. The molecule has 2 aromatic rings. The number of nitrogens with two attached hydrogens (primary N) is 1. The number of aromatic nitrogens is 4. The minimum absolute atomic E-state index is 0.0296. The molecule has 1 fully saturated rings. The van der Waals surface area contributed by atoms with Gasteiger partial charge in [0.15, 0.2) is 27.8 Å². The SMILES string of the molecule is CC(C)(C)[Si](C)(C)OC[C@H]1O[C@@H](n2cnc3c(=O)[nH]c(NC(N)=O)nc32)C[C@@H]1O[Si](C)(C)C(C)(C)C. The molecule has 2 amide bonds. The van der Waals surface area contributed by atoms with E-state index in [9.17, 15) is 9.59 Å². The minimum Gasteiger partial charge on any atom is -0.414 e. The van der Waals surface area contributed by atoms with Gasteiger partial charge in [-0.2, -0.15) is 4.98 Å². The second-order valence-corrected chi connectivity index (χ2v) is 22.1. The van der Waals surface area contributed by atoms with Gasteiger partial charge < -0.3 is 19.3 Å². The van der Waals surface area contributed by atoms with Crippen LogP contribution in [-0.4, -0.2) is 61.0 Å². The molecule has 1 aliphatic heterocycles. The molecule has 36 heavy (non-hydrogen) atoms. The normalized spacial score (nSPS) is 21.8. The van der Waals surface area contributed by atoms with E-state index in [4.69, 9.17) is 19.3 Å². The Labute approximate surface area is 214 Å². The number of carbonyl (C=O) groups is 1. The number of carbonyl (C=O) groups excluding carboxylic acids is 1. The summed E-state index contributed by atoms with van der Waals surface area (Å²) < 4.78 is 21.6. The molecular formula is C23H42N6O5Si2. The summed E-state index contributed by atoms with van der Waals surface area (Å²) in [6, 6.07) is -0.827. The minimum atomic E-state index is -2.11. The van der Waals surface area contributed by atoms with E-state index in [-0.39, 0.29) is 33.7 Å². The van der Waals surface area contributed by atoms with Crippen molar-refractivity contribution in [2.24, 2.45) is 5.73 Å². The summed E-state index contributed by atoms with van der Waals surface area (Å²) in [7, 11) is -4.12. The molecule has 0 unspecified atom stereocenters. The van der Waals surface area contributed by atoms with E-state index < -0.39 is 34.5 Å². The lowest BCUT2D eigenvalue weighted by molar-refractivity contribution is -0.0383. The number of H-pyrrole nitrogens is 1. The zero-order chi connectivity index (χ0) is 27.3. The van der Waals surface area contributed by atoms with Crippen LogP contribution in [0.3, 0.4) is 0 Å². The third-order valence-electron chi connectivity index (χ3n) is 7.83. The van der Waals surface area contributed by atoms with E-state index in [1.807, 2.05) is 0 Å². The number of rotatable bonds is 7. The third-order valence-corrected chi connectivity index (χ3v) is 16.8. The Morgan fingerprint density at radius 1 is 1.19 bits per heavy atom. The molecule has 2 aromatic heterocycles. The molecule has 0 radical (unpaired) electrons. The maximum Gasteiger partial charge on any atom is 0.318 e. The average Bonchev–Trinajstić information content (AvgIpc) is 3.28. The van der Waals surface area contributed by atoms with Gasteiger partial charge in [0, 0.05) is 6.42 Å². The third kappa shape index (κ3) is 5.91. The highest BCUT2D eigenvalue weighted by Crippen LogP contribution is 2.42. The van der Waals surface area contributed by atoms with Crippen LogP contribution in [0.25, 0.3) is 11.2 Å². The van der Waals surface area contributed by atoms with Crippen molar-refractivity contribution in [2.75, 3.05) is 11.9 Å². The zero-order valence-corrected chi connectivity index (χ0v) is 25.2. The Morgan fingerprint density at radius 3 is 2.36 bits per heavy atom. The monoisotopic (exact) mass is 538 g/mol. The Bertz CT molecular complexity index is 1160. The molecular weight excluding hydrogens is 496 g/mol. The number of nitrogens with zero attached hydrogens (tertiary/aromatic N) is 3. The van der Waals surface area contributed by atoms with Crippen molar-refractivity contribution in [3.05, 3.63) is 16.7 Å². The second kappa shape index (κ2) is 9.67. The van der Waals surface area contributed by atoms with Crippen LogP contribution < -0.4 is 16.6 Å². The van der Waals surface area contributed by atoms with E-state index in [2.05, 4.69) is 88.0 Å². The van der Waals surface area contributed by atoms with Gasteiger partial charge >= 0.3 is 6.03 Å². The first-order chi connectivity index (χ1) is 16.3. The molecule has 3 rings (SSSR count). The maximum absolute atomic E-state index is 12.5. The number of hydrogen-bond acceptors (Lipinski definition) is 7. The fourth-order valence-corrected chi connectivity index (χ4v) is 5.89. The smallest absolute Gasteiger partial charge is 0.318 e. The number of aromatic amines is 1. The maximum atomic E-state index is 12.5. The van der Waals surface area contributed by atoms with E-state index in [1.54, 1.807) is 4.57 Å². The summed E-state index contributed by atoms with van der Waals surface area (Å²) in [5, 5.41) is 2.41. The van der Waals surface area contributed by atoms with E-state index in [0.29, 0.717) is 18.7 Å². The number of nitrogens with one attached hydrogen (secondary N) is 2. The van der Waals surface area contributed by atoms with Crippen LogP contribution in [0.4, 0.5) is 10.7 Å². The molecule has 202 valence electrons. The van der Waals surface area contributed by atoms with Gasteiger partial charge in [-0.05, 0) is 36.3 Å². The lowest BCUT2D eigenvalue weighted by Gasteiger charge is -2.40. The predicted molar refractivity (Wildman–Crippen MR) is 145 cm³/mol. The first kappa shape index (κ1) is 28.5. The van der Waals surface area contributed by atoms with Crippen molar-refractivity contribution in [2.45, 2.75) is 103 Å². The molecule has 1 saturated heterocycles. The van der Waals surface area contributed by atoms with Gasteiger partial charge in [-0.15, -0.1) is 0 Å². The summed E-state index contributed by atoms with van der Waals surface area (Å²) in [5.41, 5.74) is 5.17. The summed E-state index contributed by atoms with van der Waals surface area (Å²) in [6.07, 6.45) is 1.14. The molecule has 0 bridgehead atoms. The van der Waals surface area contributed by atoms with Crippen molar-refractivity contribution in [1.29, 1.82) is 0 Å². The van der Waals surface area contributed by atoms with Gasteiger partial charge in [-0.3, -0.25) is 19.7 Å².